The Morgan fingerprint density at radius 3 is 2.19 bits per heavy atom. The standard InChI is InChI=1S/C19H22FN3O3S/c1-22-10-12-23(13-11-22)27(25,26)18-8-6-17(7-9-18)21-19(24)14-15-2-4-16(20)5-3-15/h2-9H,10-14H2,1H3,(H,21,24). The number of nitrogens with zero attached hydrogens (tertiary/aromatic N) is 2. The van der Waals surface area contributed by atoms with E-state index in [4.69, 9.17) is 0 Å². The Labute approximate surface area is 158 Å². The largest absolute Gasteiger partial charge is 0.326 e. The van der Waals surface area contributed by atoms with Gasteiger partial charge in [0.05, 0.1) is 11.3 Å². The van der Waals surface area contributed by atoms with Crippen molar-refractivity contribution in [1.29, 1.82) is 0 Å². The highest BCUT2D eigenvalue weighted by Gasteiger charge is 2.27. The maximum absolute atomic E-state index is 12.9. The number of halogens is 1. The predicted octanol–water partition coefficient (Wildman–Crippen LogP) is 1.94. The summed E-state index contributed by atoms with van der Waals surface area (Å²) in [5, 5.41) is 2.72. The highest BCUT2D eigenvalue weighted by Crippen LogP contribution is 2.20. The summed E-state index contributed by atoms with van der Waals surface area (Å²) in [6.07, 6.45) is 0.113. The molecule has 2 aromatic carbocycles. The minimum Gasteiger partial charge on any atom is -0.326 e. The number of anilines is 1. The summed E-state index contributed by atoms with van der Waals surface area (Å²) in [5.41, 5.74) is 1.21. The second-order valence-electron chi connectivity index (χ2n) is 6.58. The number of carbonyl (C=O) groups excluding carboxylic acids is 1. The minimum atomic E-state index is -3.52. The lowest BCUT2D eigenvalue weighted by Gasteiger charge is -2.31. The van der Waals surface area contributed by atoms with Crippen molar-refractivity contribution in [3.05, 3.63) is 59.9 Å². The average molecular weight is 391 g/mol. The van der Waals surface area contributed by atoms with E-state index < -0.39 is 10.0 Å². The number of hydrogen-bond acceptors (Lipinski definition) is 4. The molecule has 1 fully saturated rings. The van der Waals surface area contributed by atoms with Crippen LogP contribution in [0.4, 0.5) is 10.1 Å². The lowest BCUT2D eigenvalue weighted by atomic mass is 10.1. The number of nitrogens with one attached hydrogen (secondary N) is 1. The van der Waals surface area contributed by atoms with E-state index in [1.165, 1.54) is 28.6 Å². The third kappa shape index (κ3) is 4.91. The van der Waals surface area contributed by atoms with Gasteiger partial charge in [-0.1, -0.05) is 12.1 Å². The SMILES string of the molecule is CN1CCN(S(=O)(=O)c2ccc(NC(=O)Cc3ccc(F)cc3)cc2)CC1. The van der Waals surface area contributed by atoms with Crippen LogP contribution in [0.2, 0.25) is 0 Å². The molecular formula is C19H22FN3O3S. The molecule has 0 radical (unpaired) electrons. The van der Waals surface area contributed by atoms with Crippen LogP contribution in [0.1, 0.15) is 5.56 Å². The van der Waals surface area contributed by atoms with Gasteiger partial charge in [0.15, 0.2) is 0 Å². The van der Waals surface area contributed by atoms with Crippen molar-refractivity contribution in [3.8, 4) is 0 Å². The van der Waals surface area contributed by atoms with Crippen molar-refractivity contribution < 1.29 is 17.6 Å². The van der Waals surface area contributed by atoms with Crippen LogP contribution in [0.3, 0.4) is 0 Å². The molecule has 2 aromatic rings. The van der Waals surface area contributed by atoms with Gasteiger partial charge < -0.3 is 10.2 Å². The topological polar surface area (TPSA) is 69.7 Å². The minimum absolute atomic E-state index is 0.113. The van der Waals surface area contributed by atoms with Crippen LogP contribution in [0, 0.1) is 5.82 Å². The van der Waals surface area contributed by atoms with Gasteiger partial charge in [0.25, 0.3) is 0 Å². The first-order valence-corrected chi connectivity index (χ1v) is 10.1. The van der Waals surface area contributed by atoms with Gasteiger partial charge >= 0.3 is 0 Å². The molecule has 0 unspecified atom stereocenters. The molecular weight excluding hydrogens is 369 g/mol. The fraction of sp³-hybridized carbons (Fsp3) is 0.316. The van der Waals surface area contributed by atoms with E-state index in [2.05, 4.69) is 10.2 Å². The molecule has 0 bridgehead atoms. The smallest absolute Gasteiger partial charge is 0.243 e. The van der Waals surface area contributed by atoms with Crippen LogP contribution in [0.5, 0.6) is 0 Å². The summed E-state index contributed by atoms with van der Waals surface area (Å²) >= 11 is 0. The Hall–Kier alpha value is -2.29. The van der Waals surface area contributed by atoms with E-state index in [0.717, 1.165) is 0 Å². The maximum Gasteiger partial charge on any atom is 0.243 e. The first kappa shape index (κ1) is 19.5. The molecule has 6 nitrogen and oxygen atoms in total. The van der Waals surface area contributed by atoms with Gasteiger partial charge in [0.1, 0.15) is 5.82 Å². The van der Waals surface area contributed by atoms with E-state index in [-0.39, 0.29) is 23.0 Å². The number of carbonyl (C=O) groups is 1. The summed E-state index contributed by atoms with van der Waals surface area (Å²) in [5.74, 6) is -0.604. The summed E-state index contributed by atoms with van der Waals surface area (Å²) in [6.45, 7) is 2.34. The van der Waals surface area contributed by atoms with Crippen molar-refractivity contribution in [2.24, 2.45) is 0 Å². The third-order valence-electron chi connectivity index (χ3n) is 4.52. The summed E-state index contributed by atoms with van der Waals surface area (Å²) in [4.78, 5) is 14.4. The Bertz CT molecular complexity index is 891. The van der Waals surface area contributed by atoms with Crippen molar-refractivity contribution in [2.45, 2.75) is 11.3 Å². The molecule has 0 aromatic heterocycles. The molecule has 144 valence electrons. The van der Waals surface area contributed by atoms with Crippen LogP contribution in [-0.2, 0) is 21.2 Å². The fourth-order valence-electron chi connectivity index (χ4n) is 2.88. The van der Waals surface area contributed by atoms with Crippen molar-refractivity contribution in [2.75, 3.05) is 38.5 Å². The highest BCUT2D eigenvalue weighted by molar-refractivity contribution is 7.89. The van der Waals surface area contributed by atoms with Crippen LogP contribution >= 0.6 is 0 Å². The molecule has 1 aliphatic rings. The van der Waals surface area contributed by atoms with E-state index in [1.807, 2.05) is 7.05 Å². The van der Waals surface area contributed by atoms with E-state index in [1.54, 1.807) is 24.3 Å². The van der Waals surface area contributed by atoms with Crippen molar-refractivity contribution >= 4 is 21.6 Å². The lowest BCUT2D eigenvalue weighted by molar-refractivity contribution is -0.115. The quantitative estimate of drug-likeness (QED) is 0.846. The normalized spacial score (nSPS) is 16.2. The van der Waals surface area contributed by atoms with E-state index >= 15 is 0 Å². The zero-order valence-electron chi connectivity index (χ0n) is 15.1. The highest BCUT2D eigenvalue weighted by atomic mass is 32.2. The van der Waals surface area contributed by atoms with E-state index in [0.29, 0.717) is 37.4 Å². The number of benzene rings is 2. The number of likely N-dealkylation sites (N-methyl/N-ethyl adjacent to an activating group) is 1. The fourth-order valence-corrected chi connectivity index (χ4v) is 4.30. The van der Waals surface area contributed by atoms with Gasteiger partial charge in [-0.2, -0.15) is 4.31 Å². The number of piperazine rings is 1. The first-order chi connectivity index (χ1) is 12.8. The van der Waals surface area contributed by atoms with Crippen LogP contribution in [0.15, 0.2) is 53.4 Å². The zero-order chi connectivity index (χ0) is 19.4. The van der Waals surface area contributed by atoms with Gasteiger partial charge in [-0.05, 0) is 49.0 Å². The Kier molecular flexibility index (Phi) is 5.88. The van der Waals surface area contributed by atoms with Gasteiger partial charge in [-0.15, -0.1) is 0 Å². The molecule has 3 rings (SSSR count). The molecule has 0 spiro atoms. The monoisotopic (exact) mass is 391 g/mol. The van der Waals surface area contributed by atoms with Crippen molar-refractivity contribution in [1.82, 2.24) is 9.21 Å². The Morgan fingerprint density at radius 1 is 1.00 bits per heavy atom. The molecule has 0 aliphatic carbocycles. The molecule has 27 heavy (non-hydrogen) atoms. The molecule has 1 amide bonds. The van der Waals surface area contributed by atoms with Gasteiger partial charge in [0.2, 0.25) is 15.9 Å². The number of amides is 1. The summed E-state index contributed by atoms with van der Waals surface area (Å²) in [6, 6.07) is 11.9. The van der Waals surface area contributed by atoms with Gasteiger partial charge in [0, 0.05) is 31.9 Å². The van der Waals surface area contributed by atoms with Crippen molar-refractivity contribution in [3.63, 3.8) is 0 Å². The average Bonchev–Trinajstić information content (AvgIpc) is 2.64. The molecule has 1 heterocycles. The number of rotatable bonds is 5. The summed E-state index contributed by atoms with van der Waals surface area (Å²) < 4.78 is 39.8. The third-order valence-corrected chi connectivity index (χ3v) is 6.43. The Balaban J connectivity index is 1.62. The maximum atomic E-state index is 12.9. The van der Waals surface area contributed by atoms with Gasteiger partial charge in [-0.3, -0.25) is 4.79 Å². The van der Waals surface area contributed by atoms with Crippen LogP contribution < -0.4 is 5.32 Å². The number of sulfonamides is 1. The molecule has 1 saturated heterocycles. The molecule has 1 aliphatic heterocycles. The first-order valence-electron chi connectivity index (χ1n) is 8.68. The van der Waals surface area contributed by atoms with Crippen LogP contribution in [-0.4, -0.2) is 56.8 Å². The summed E-state index contributed by atoms with van der Waals surface area (Å²) in [7, 11) is -1.56. The Morgan fingerprint density at radius 2 is 1.59 bits per heavy atom. The van der Waals surface area contributed by atoms with Gasteiger partial charge in [-0.25, -0.2) is 12.8 Å². The number of hydrogen-bond donors (Lipinski definition) is 1. The zero-order valence-corrected chi connectivity index (χ0v) is 15.9. The molecule has 1 N–H and O–H groups in total. The molecule has 0 saturated carbocycles. The lowest BCUT2D eigenvalue weighted by Crippen LogP contribution is -2.46. The molecule has 8 heteroatoms. The second-order valence-corrected chi connectivity index (χ2v) is 8.52. The van der Waals surface area contributed by atoms with Crippen LogP contribution in [0.25, 0.3) is 0 Å². The second kappa shape index (κ2) is 8.16. The molecule has 0 atom stereocenters. The van der Waals surface area contributed by atoms with E-state index in [9.17, 15) is 17.6 Å². The predicted molar refractivity (Wildman–Crippen MR) is 101 cm³/mol.